The Kier molecular flexibility index (Phi) is 4.57. The molecule has 0 amide bonds. The number of aromatic hydroxyl groups is 1. The summed E-state index contributed by atoms with van der Waals surface area (Å²) in [6, 6.07) is 3.64. The highest BCUT2D eigenvalue weighted by Crippen LogP contribution is 2.30. The molecule has 5 nitrogen and oxygen atoms in total. The first-order chi connectivity index (χ1) is 9.47. The summed E-state index contributed by atoms with van der Waals surface area (Å²) in [7, 11) is 0. The highest BCUT2D eigenvalue weighted by molar-refractivity contribution is 5.67. The number of phenolic OH excluding ortho intramolecular Hbond substituents is 1. The predicted octanol–water partition coefficient (Wildman–Crippen LogP) is 1.77. The Morgan fingerprint density at radius 1 is 1.60 bits per heavy atom. The third-order valence-corrected chi connectivity index (χ3v) is 3.56. The van der Waals surface area contributed by atoms with E-state index in [2.05, 4.69) is 0 Å². The zero-order valence-electron chi connectivity index (χ0n) is 11.3. The van der Waals surface area contributed by atoms with E-state index >= 15 is 0 Å². The Bertz CT molecular complexity index is 494. The van der Waals surface area contributed by atoms with E-state index in [1.807, 2.05) is 11.8 Å². The highest BCUT2D eigenvalue weighted by Gasteiger charge is 2.27. The number of aliphatic carboxylic acids is 1. The second kappa shape index (κ2) is 6.19. The molecule has 1 aliphatic heterocycles. The molecule has 1 heterocycles. The van der Waals surface area contributed by atoms with Gasteiger partial charge in [-0.15, -0.1) is 0 Å². The molecule has 0 spiro atoms. The van der Waals surface area contributed by atoms with Crippen LogP contribution in [0.5, 0.6) is 5.75 Å². The van der Waals surface area contributed by atoms with Gasteiger partial charge >= 0.3 is 5.97 Å². The average Bonchev–Trinajstić information content (AvgIpc) is 2.40. The van der Waals surface area contributed by atoms with Crippen molar-refractivity contribution in [1.29, 1.82) is 0 Å². The van der Waals surface area contributed by atoms with Crippen LogP contribution in [0, 0.1) is 5.82 Å². The molecule has 1 fully saturated rings. The molecule has 2 rings (SSSR count). The molecule has 1 aliphatic rings. The number of hydrogen-bond donors (Lipinski definition) is 2. The third kappa shape index (κ3) is 3.46. The van der Waals surface area contributed by atoms with Gasteiger partial charge in [0.2, 0.25) is 0 Å². The lowest BCUT2D eigenvalue weighted by atomic mass is 10.0. The van der Waals surface area contributed by atoms with E-state index in [0.29, 0.717) is 25.3 Å². The van der Waals surface area contributed by atoms with Crippen molar-refractivity contribution in [3.05, 3.63) is 29.6 Å². The molecule has 0 aromatic heterocycles. The molecular weight excluding hydrogens is 265 g/mol. The predicted molar refractivity (Wildman–Crippen MR) is 70.0 cm³/mol. The lowest BCUT2D eigenvalue weighted by Gasteiger charge is -2.36. The molecule has 2 N–H and O–H groups in total. The summed E-state index contributed by atoms with van der Waals surface area (Å²) in [5.41, 5.74) is 0.501. The molecule has 20 heavy (non-hydrogen) atoms. The fourth-order valence-corrected chi connectivity index (χ4v) is 2.47. The highest BCUT2D eigenvalue weighted by atomic mass is 19.1. The monoisotopic (exact) mass is 283 g/mol. The third-order valence-electron chi connectivity index (χ3n) is 3.56. The number of nitrogens with zero attached hydrogens (tertiary/aromatic N) is 1. The molecule has 0 bridgehead atoms. The van der Waals surface area contributed by atoms with Gasteiger partial charge < -0.3 is 14.9 Å². The van der Waals surface area contributed by atoms with Crippen molar-refractivity contribution in [2.45, 2.75) is 25.5 Å². The smallest absolute Gasteiger partial charge is 0.306 e. The molecule has 110 valence electrons. The fourth-order valence-electron chi connectivity index (χ4n) is 2.47. The van der Waals surface area contributed by atoms with E-state index in [0.717, 1.165) is 0 Å². The van der Waals surface area contributed by atoms with Gasteiger partial charge in [0, 0.05) is 24.7 Å². The minimum atomic E-state index is -0.905. The molecule has 1 saturated heterocycles. The Morgan fingerprint density at radius 3 is 3.05 bits per heavy atom. The summed E-state index contributed by atoms with van der Waals surface area (Å²) in [6.45, 7) is 3.35. The second-order valence-electron chi connectivity index (χ2n) is 4.96. The molecule has 2 unspecified atom stereocenters. The molecule has 1 aromatic carbocycles. The first-order valence-electron chi connectivity index (χ1n) is 6.53. The van der Waals surface area contributed by atoms with Crippen molar-refractivity contribution < 1.29 is 24.1 Å². The Morgan fingerprint density at radius 2 is 2.35 bits per heavy atom. The van der Waals surface area contributed by atoms with Crippen molar-refractivity contribution in [3.63, 3.8) is 0 Å². The van der Waals surface area contributed by atoms with Crippen molar-refractivity contribution >= 4 is 5.97 Å². The van der Waals surface area contributed by atoms with Crippen LogP contribution in [-0.2, 0) is 9.53 Å². The Labute approximate surface area is 116 Å². The summed E-state index contributed by atoms with van der Waals surface area (Å²) in [6.07, 6.45) is -0.433. The quantitative estimate of drug-likeness (QED) is 0.881. The van der Waals surface area contributed by atoms with Gasteiger partial charge in [0.1, 0.15) is 11.6 Å². The number of halogens is 1. The van der Waals surface area contributed by atoms with E-state index in [-0.39, 0.29) is 24.3 Å². The van der Waals surface area contributed by atoms with Crippen molar-refractivity contribution in [3.8, 4) is 5.75 Å². The zero-order valence-corrected chi connectivity index (χ0v) is 11.3. The van der Waals surface area contributed by atoms with Crippen molar-refractivity contribution in [2.75, 3.05) is 19.7 Å². The standard InChI is InChI=1S/C14H18FNO4/c1-9(12-6-10(15)2-3-13(12)17)16-4-5-20-11(8-16)7-14(18)19/h2-3,6,9,11,17H,4-5,7-8H2,1H3,(H,18,19). The van der Waals surface area contributed by atoms with Gasteiger partial charge in [-0.2, -0.15) is 0 Å². The maximum Gasteiger partial charge on any atom is 0.306 e. The summed E-state index contributed by atoms with van der Waals surface area (Å²) in [5, 5.41) is 18.6. The van der Waals surface area contributed by atoms with Crippen LogP contribution in [-0.4, -0.2) is 46.9 Å². The molecule has 6 heteroatoms. The van der Waals surface area contributed by atoms with Gasteiger partial charge in [-0.3, -0.25) is 9.69 Å². The van der Waals surface area contributed by atoms with Gasteiger partial charge in [-0.05, 0) is 25.1 Å². The summed E-state index contributed by atoms with van der Waals surface area (Å²) < 4.78 is 18.7. The average molecular weight is 283 g/mol. The van der Waals surface area contributed by atoms with Gasteiger partial charge in [-0.25, -0.2) is 4.39 Å². The van der Waals surface area contributed by atoms with Crippen LogP contribution in [0.4, 0.5) is 4.39 Å². The summed E-state index contributed by atoms with van der Waals surface area (Å²) >= 11 is 0. The molecule has 1 aromatic rings. The SMILES string of the molecule is CC(c1cc(F)ccc1O)N1CCOC(CC(=O)O)C1. The van der Waals surface area contributed by atoms with E-state index in [1.54, 1.807) is 0 Å². The Balaban J connectivity index is 2.09. The zero-order chi connectivity index (χ0) is 14.7. The van der Waals surface area contributed by atoms with Gasteiger partial charge in [-0.1, -0.05) is 0 Å². The van der Waals surface area contributed by atoms with E-state index < -0.39 is 11.8 Å². The fraction of sp³-hybridized carbons (Fsp3) is 0.500. The molecular formula is C14H18FNO4. The maximum absolute atomic E-state index is 13.3. The Hall–Kier alpha value is -1.66. The number of carboxylic acids is 1. The number of carbonyl (C=O) groups is 1. The topological polar surface area (TPSA) is 70.0 Å². The number of rotatable bonds is 4. The number of hydrogen-bond acceptors (Lipinski definition) is 4. The van der Waals surface area contributed by atoms with Crippen LogP contribution in [0.25, 0.3) is 0 Å². The number of phenols is 1. The number of benzene rings is 1. The van der Waals surface area contributed by atoms with E-state index in [9.17, 15) is 14.3 Å². The maximum atomic E-state index is 13.3. The normalized spacial score (nSPS) is 21.6. The van der Waals surface area contributed by atoms with E-state index in [1.165, 1.54) is 18.2 Å². The first kappa shape index (κ1) is 14.7. The van der Waals surface area contributed by atoms with Crippen LogP contribution < -0.4 is 0 Å². The number of carboxylic acid groups (broad SMARTS) is 1. The van der Waals surface area contributed by atoms with Crippen LogP contribution in [0.2, 0.25) is 0 Å². The summed E-state index contributed by atoms with van der Waals surface area (Å²) in [4.78, 5) is 12.7. The largest absolute Gasteiger partial charge is 0.508 e. The molecule has 0 aliphatic carbocycles. The van der Waals surface area contributed by atoms with Gasteiger partial charge in [0.25, 0.3) is 0 Å². The van der Waals surface area contributed by atoms with Crippen LogP contribution in [0.15, 0.2) is 18.2 Å². The van der Waals surface area contributed by atoms with Crippen molar-refractivity contribution in [1.82, 2.24) is 4.90 Å². The van der Waals surface area contributed by atoms with Crippen LogP contribution in [0.1, 0.15) is 24.9 Å². The minimum Gasteiger partial charge on any atom is -0.508 e. The lowest BCUT2D eigenvalue weighted by molar-refractivity contribution is -0.142. The molecule has 2 atom stereocenters. The minimum absolute atomic E-state index is 0.0418. The van der Waals surface area contributed by atoms with Gasteiger partial charge in [0.05, 0.1) is 19.1 Å². The molecule has 0 radical (unpaired) electrons. The van der Waals surface area contributed by atoms with Crippen LogP contribution in [0.3, 0.4) is 0 Å². The molecule has 0 saturated carbocycles. The van der Waals surface area contributed by atoms with Crippen molar-refractivity contribution in [2.24, 2.45) is 0 Å². The number of morpholine rings is 1. The number of ether oxygens (including phenoxy) is 1. The first-order valence-corrected chi connectivity index (χ1v) is 6.53. The second-order valence-corrected chi connectivity index (χ2v) is 4.96. The summed E-state index contributed by atoms with van der Waals surface area (Å²) in [5.74, 6) is -1.27. The van der Waals surface area contributed by atoms with Crippen LogP contribution >= 0.6 is 0 Å². The lowest BCUT2D eigenvalue weighted by Crippen LogP contribution is -2.44. The van der Waals surface area contributed by atoms with E-state index in [4.69, 9.17) is 9.84 Å². The van der Waals surface area contributed by atoms with Gasteiger partial charge in [0.15, 0.2) is 0 Å².